The smallest absolute Gasteiger partial charge is 0.405 e. The summed E-state index contributed by atoms with van der Waals surface area (Å²) in [7, 11) is -3.02. The first kappa shape index (κ1) is 17.6. The third-order valence-electron chi connectivity index (χ3n) is 1.90. The summed E-state index contributed by atoms with van der Waals surface area (Å²) in [6.45, 7) is -2.37. The van der Waals surface area contributed by atoms with Crippen LogP contribution in [0, 0.1) is 0 Å². The van der Waals surface area contributed by atoms with Gasteiger partial charge in [0, 0.05) is 7.05 Å². The number of alkyl halides is 3. The van der Waals surface area contributed by atoms with Gasteiger partial charge in [-0.2, -0.15) is 17.5 Å². The summed E-state index contributed by atoms with van der Waals surface area (Å²) in [4.78, 5) is 21.3. The topological polar surface area (TPSA) is 104 Å². The van der Waals surface area contributed by atoms with Gasteiger partial charge in [-0.15, -0.1) is 0 Å². The summed E-state index contributed by atoms with van der Waals surface area (Å²) in [5.41, 5.74) is 0. The maximum Gasteiger partial charge on any atom is 0.405 e. The number of carbonyl (C=O) groups excluding carboxylic acids is 1. The quantitative estimate of drug-likeness (QED) is 0.654. The summed E-state index contributed by atoms with van der Waals surface area (Å²) in [6.07, 6.45) is -5.24. The van der Waals surface area contributed by atoms with Crippen LogP contribution in [0.2, 0.25) is 0 Å². The van der Waals surface area contributed by atoms with Crippen molar-refractivity contribution in [3.8, 4) is 0 Å². The van der Waals surface area contributed by atoms with Crippen LogP contribution in [0.1, 0.15) is 6.42 Å². The van der Waals surface area contributed by atoms with Gasteiger partial charge in [-0.1, -0.05) is 0 Å². The molecular formula is C8H13F3N2O5S. The Bertz CT molecular complexity index is 434. The number of hydrogen-bond acceptors (Lipinski definition) is 4. The lowest BCUT2D eigenvalue weighted by Gasteiger charge is -2.16. The fraction of sp³-hybridized carbons (Fsp3) is 0.750. The summed E-state index contributed by atoms with van der Waals surface area (Å²) in [6, 6.07) is 0. The van der Waals surface area contributed by atoms with Crippen LogP contribution in [0.5, 0.6) is 0 Å². The van der Waals surface area contributed by atoms with E-state index in [1.807, 2.05) is 0 Å². The predicted molar refractivity (Wildman–Crippen MR) is 57.7 cm³/mol. The minimum Gasteiger partial charge on any atom is -0.481 e. The molecule has 0 spiro atoms. The van der Waals surface area contributed by atoms with Crippen LogP contribution in [0.4, 0.5) is 13.2 Å². The number of nitrogens with one attached hydrogen (secondary N) is 1. The molecule has 0 radical (unpaired) electrons. The second kappa shape index (κ2) is 6.70. The van der Waals surface area contributed by atoms with E-state index < -0.39 is 53.3 Å². The Kier molecular flexibility index (Phi) is 6.22. The van der Waals surface area contributed by atoms with E-state index in [0.29, 0.717) is 4.31 Å². The summed E-state index contributed by atoms with van der Waals surface area (Å²) < 4.78 is 58.7. The Morgan fingerprint density at radius 2 is 1.84 bits per heavy atom. The second-order valence-electron chi connectivity index (χ2n) is 3.61. The van der Waals surface area contributed by atoms with E-state index in [9.17, 15) is 31.2 Å². The molecule has 0 atom stereocenters. The largest absolute Gasteiger partial charge is 0.481 e. The van der Waals surface area contributed by atoms with Gasteiger partial charge < -0.3 is 10.4 Å². The maximum atomic E-state index is 11.8. The van der Waals surface area contributed by atoms with Crippen LogP contribution < -0.4 is 5.32 Å². The predicted octanol–water partition coefficient (Wildman–Crippen LogP) is -0.599. The monoisotopic (exact) mass is 306 g/mol. The molecule has 11 heteroatoms. The highest BCUT2D eigenvalue weighted by Gasteiger charge is 2.28. The number of nitrogens with zero attached hydrogens (tertiary/aromatic N) is 1. The highest BCUT2D eigenvalue weighted by molar-refractivity contribution is 7.89. The van der Waals surface area contributed by atoms with Gasteiger partial charge in [0.05, 0.1) is 18.7 Å². The Morgan fingerprint density at radius 1 is 1.32 bits per heavy atom. The summed E-state index contributed by atoms with van der Waals surface area (Å²) >= 11 is 0. The van der Waals surface area contributed by atoms with E-state index in [1.165, 1.54) is 5.32 Å². The summed E-state index contributed by atoms with van der Waals surface area (Å²) in [5, 5.41) is 9.83. The highest BCUT2D eigenvalue weighted by Crippen LogP contribution is 2.12. The number of carboxylic acid groups (broad SMARTS) is 1. The number of likely N-dealkylation sites (N-methyl/N-ethyl adjacent to an activating group) is 1. The van der Waals surface area contributed by atoms with Crippen molar-refractivity contribution in [1.29, 1.82) is 0 Å². The molecule has 2 N–H and O–H groups in total. The zero-order valence-corrected chi connectivity index (χ0v) is 10.7. The highest BCUT2D eigenvalue weighted by atomic mass is 32.2. The second-order valence-corrected chi connectivity index (χ2v) is 5.80. The van der Waals surface area contributed by atoms with Gasteiger partial charge in [0.15, 0.2) is 0 Å². The molecule has 19 heavy (non-hydrogen) atoms. The molecule has 0 aromatic carbocycles. The number of hydrogen-bond donors (Lipinski definition) is 2. The molecule has 0 aromatic rings. The van der Waals surface area contributed by atoms with Gasteiger partial charge in [0.2, 0.25) is 15.9 Å². The molecule has 0 rings (SSSR count). The van der Waals surface area contributed by atoms with Crippen molar-refractivity contribution in [2.75, 3.05) is 25.9 Å². The van der Waals surface area contributed by atoms with Crippen LogP contribution in [-0.4, -0.2) is 61.8 Å². The number of amides is 1. The van der Waals surface area contributed by atoms with Crippen LogP contribution in [0.25, 0.3) is 0 Å². The third kappa shape index (κ3) is 8.37. The van der Waals surface area contributed by atoms with Crippen molar-refractivity contribution in [3.63, 3.8) is 0 Å². The van der Waals surface area contributed by atoms with E-state index in [-0.39, 0.29) is 0 Å². The first-order chi connectivity index (χ1) is 8.44. The lowest BCUT2D eigenvalue weighted by Crippen LogP contribution is -2.42. The molecule has 0 aromatic heterocycles. The molecule has 112 valence electrons. The van der Waals surface area contributed by atoms with Gasteiger partial charge in [-0.25, -0.2) is 8.42 Å². The molecule has 0 aliphatic carbocycles. The first-order valence-electron chi connectivity index (χ1n) is 4.93. The minimum atomic E-state index is -4.59. The first-order valence-corrected chi connectivity index (χ1v) is 6.54. The molecule has 0 unspecified atom stereocenters. The van der Waals surface area contributed by atoms with E-state index in [1.54, 1.807) is 0 Å². The molecule has 0 aliphatic rings. The zero-order valence-electron chi connectivity index (χ0n) is 9.90. The van der Waals surface area contributed by atoms with Gasteiger partial charge >= 0.3 is 12.1 Å². The average Bonchev–Trinajstić information content (AvgIpc) is 2.22. The Hall–Kier alpha value is -1.36. The molecule has 0 aliphatic heterocycles. The van der Waals surface area contributed by atoms with Crippen molar-refractivity contribution < 1.29 is 36.3 Å². The van der Waals surface area contributed by atoms with Crippen LogP contribution >= 0.6 is 0 Å². The van der Waals surface area contributed by atoms with E-state index in [4.69, 9.17) is 5.11 Å². The maximum absolute atomic E-state index is 11.8. The molecule has 7 nitrogen and oxygen atoms in total. The molecule has 0 fully saturated rings. The van der Waals surface area contributed by atoms with E-state index in [0.717, 1.165) is 7.05 Å². The van der Waals surface area contributed by atoms with E-state index in [2.05, 4.69) is 0 Å². The van der Waals surface area contributed by atoms with Crippen LogP contribution in [-0.2, 0) is 19.6 Å². The molecule has 0 saturated carbocycles. The Labute approximate surface area is 107 Å². The number of sulfonamides is 1. The minimum absolute atomic E-state index is 0.502. The Morgan fingerprint density at radius 3 is 2.26 bits per heavy atom. The van der Waals surface area contributed by atoms with Crippen molar-refractivity contribution >= 4 is 21.9 Å². The lowest BCUT2D eigenvalue weighted by atomic mass is 10.5. The zero-order chi connectivity index (χ0) is 15.3. The average molecular weight is 306 g/mol. The van der Waals surface area contributed by atoms with Crippen molar-refractivity contribution in [2.24, 2.45) is 0 Å². The van der Waals surface area contributed by atoms with Gasteiger partial charge in [-0.3, -0.25) is 9.59 Å². The molecule has 0 bridgehead atoms. The number of carbonyl (C=O) groups is 2. The Balaban J connectivity index is 4.32. The standard InChI is InChI=1S/C8H13F3N2O5S/c1-13(19(17,18)3-2-7(15)16)4-6(14)12-5-8(9,10)11/h2-5H2,1H3,(H,12,14)(H,15,16). The van der Waals surface area contributed by atoms with Gasteiger partial charge in [-0.05, 0) is 0 Å². The number of halogens is 3. The lowest BCUT2D eigenvalue weighted by molar-refractivity contribution is -0.138. The van der Waals surface area contributed by atoms with Gasteiger partial charge in [0.1, 0.15) is 6.54 Å². The SMILES string of the molecule is CN(CC(=O)NCC(F)(F)F)S(=O)(=O)CCC(=O)O. The normalized spacial score (nSPS) is 12.5. The number of aliphatic carboxylic acids is 1. The van der Waals surface area contributed by atoms with Gasteiger partial charge in [0.25, 0.3) is 0 Å². The third-order valence-corrected chi connectivity index (χ3v) is 3.70. The van der Waals surface area contributed by atoms with Crippen LogP contribution in [0.15, 0.2) is 0 Å². The fourth-order valence-corrected chi connectivity index (χ4v) is 1.99. The van der Waals surface area contributed by atoms with Crippen molar-refractivity contribution in [2.45, 2.75) is 12.6 Å². The number of carboxylic acids is 1. The fourth-order valence-electron chi connectivity index (χ4n) is 0.927. The molecule has 0 saturated heterocycles. The van der Waals surface area contributed by atoms with Crippen molar-refractivity contribution in [3.05, 3.63) is 0 Å². The molecule has 0 heterocycles. The number of rotatable bonds is 7. The molecular weight excluding hydrogens is 293 g/mol. The van der Waals surface area contributed by atoms with Crippen molar-refractivity contribution in [1.82, 2.24) is 9.62 Å². The summed E-state index contributed by atoms with van der Waals surface area (Å²) in [5.74, 6) is -3.19. The molecule has 1 amide bonds. The van der Waals surface area contributed by atoms with E-state index >= 15 is 0 Å². The van der Waals surface area contributed by atoms with Crippen LogP contribution in [0.3, 0.4) is 0 Å².